The van der Waals surface area contributed by atoms with Crippen LogP contribution >= 0.6 is 0 Å². The molecular formula is C11H9F3O2. The van der Waals surface area contributed by atoms with Crippen LogP contribution in [0.3, 0.4) is 0 Å². The van der Waals surface area contributed by atoms with Crippen LogP contribution in [-0.2, 0) is 4.79 Å². The molecule has 16 heavy (non-hydrogen) atoms. The van der Waals surface area contributed by atoms with Crippen molar-refractivity contribution in [3.8, 4) is 0 Å². The van der Waals surface area contributed by atoms with Crippen molar-refractivity contribution in [2.75, 3.05) is 0 Å². The maximum Gasteiger partial charge on any atom is 0.311 e. The molecule has 1 fully saturated rings. The summed E-state index contributed by atoms with van der Waals surface area (Å²) in [4.78, 5) is 10.9. The van der Waals surface area contributed by atoms with Crippen LogP contribution in [-0.4, -0.2) is 11.1 Å². The number of halogens is 3. The second kappa shape index (κ2) is 3.81. The lowest BCUT2D eigenvalue weighted by molar-refractivity contribution is -0.139. The van der Waals surface area contributed by atoms with Gasteiger partial charge in [-0.25, -0.2) is 13.2 Å². The largest absolute Gasteiger partial charge is 0.481 e. The van der Waals surface area contributed by atoms with Crippen molar-refractivity contribution >= 4 is 5.97 Å². The number of aliphatic carboxylic acids is 1. The van der Waals surface area contributed by atoms with Crippen molar-refractivity contribution in [2.24, 2.45) is 5.92 Å². The molecule has 1 aliphatic rings. The number of rotatable bonds is 3. The summed E-state index contributed by atoms with van der Waals surface area (Å²) < 4.78 is 39.4. The molecule has 5 heteroatoms. The van der Waals surface area contributed by atoms with Gasteiger partial charge in [-0.15, -0.1) is 0 Å². The summed E-state index contributed by atoms with van der Waals surface area (Å²) in [5.74, 6) is -6.02. The van der Waals surface area contributed by atoms with Crippen molar-refractivity contribution in [3.63, 3.8) is 0 Å². The number of carboxylic acids is 1. The molecule has 0 spiro atoms. The molecule has 1 aromatic rings. The maximum atomic E-state index is 13.4. The number of hydrogen-bond donors (Lipinski definition) is 1. The third kappa shape index (κ3) is 1.89. The average Bonchev–Trinajstić information content (AvgIpc) is 2.93. The lowest BCUT2D eigenvalue weighted by Gasteiger charge is -2.13. The highest BCUT2D eigenvalue weighted by Gasteiger charge is 2.40. The highest BCUT2D eigenvalue weighted by atomic mass is 19.1. The first-order valence-electron chi connectivity index (χ1n) is 4.88. The lowest BCUT2D eigenvalue weighted by atomic mass is 9.93. The molecule has 0 aliphatic heterocycles. The summed E-state index contributed by atoms with van der Waals surface area (Å²) in [7, 11) is 0. The van der Waals surface area contributed by atoms with Gasteiger partial charge in [-0.2, -0.15) is 0 Å². The minimum atomic E-state index is -1.27. The van der Waals surface area contributed by atoms with Crippen LogP contribution in [0.4, 0.5) is 13.2 Å². The first-order valence-corrected chi connectivity index (χ1v) is 4.88. The van der Waals surface area contributed by atoms with E-state index in [1.54, 1.807) is 0 Å². The summed E-state index contributed by atoms with van der Waals surface area (Å²) in [6.45, 7) is 0. The Labute approximate surface area is 89.7 Å². The van der Waals surface area contributed by atoms with Crippen LogP contribution in [0.15, 0.2) is 12.1 Å². The van der Waals surface area contributed by atoms with E-state index in [0.717, 1.165) is 0 Å². The zero-order valence-corrected chi connectivity index (χ0v) is 8.21. The molecule has 0 radical (unpaired) electrons. The van der Waals surface area contributed by atoms with Crippen molar-refractivity contribution in [2.45, 2.75) is 18.8 Å². The van der Waals surface area contributed by atoms with Gasteiger partial charge < -0.3 is 5.11 Å². The standard InChI is InChI=1S/C11H9F3O2/c12-6-3-7(13)10(8(14)4-6)9(11(15)16)5-1-2-5/h3-5,9H,1-2H2,(H,15,16). The fourth-order valence-corrected chi connectivity index (χ4v) is 1.84. The van der Waals surface area contributed by atoms with Crippen LogP contribution < -0.4 is 0 Å². The summed E-state index contributed by atoms with van der Waals surface area (Å²) >= 11 is 0. The quantitative estimate of drug-likeness (QED) is 0.866. The molecule has 1 N–H and O–H groups in total. The van der Waals surface area contributed by atoms with Gasteiger partial charge in [-0.05, 0) is 18.8 Å². The van der Waals surface area contributed by atoms with Crippen LogP contribution in [0.25, 0.3) is 0 Å². The Morgan fingerprint density at radius 2 is 1.75 bits per heavy atom. The van der Waals surface area contributed by atoms with Gasteiger partial charge in [0.05, 0.1) is 5.92 Å². The van der Waals surface area contributed by atoms with E-state index in [2.05, 4.69) is 0 Å². The van der Waals surface area contributed by atoms with Gasteiger partial charge in [0.2, 0.25) is 0 Å². The Morgan fingerprint density at radius 1 is 1.25 bits per heavy atom. The summed E-state index contributed by atoms with van der Waals surface area (Å²) in [6, 6.07) is 1.02. The highest BCUT2D eigenvalue weighted by molar-refractivity contribution is 5.77. The summed E-state index contributed by atoms with van der Waals surface area (Å²) in [5.41, 5.74) is -0.531. The Hall–Kier alpha value is -1.52. The van der Waals surface area contributed by atoms with Crippen LogP contribution in [0.2, 0.25) is 0 Å². The molecule has 0 saturated heterocycles. The highest BCUT2D eigenvalue weighted by Crippen LogP contribution is 2.44. The maximum absolute atomic E-state index is 13.4. The first kappa shape index (κ1) is 11.0. The molecule has 0 amide bonds. The number of carbonyl (C=O) groups is 1. The summed E-state index contributed by atoms with van der Waals surface area (Å²) in [6.07, 6.45) is 1.26. The number of hydrogen-bond acceptors (Lipinski definition) is 1. The smallest absolute Gasteiger partial charge is 0.311 e. The average molecular weight is 230 g/mol. The molecule has 86 valence electrons. The minimum Gasteiger partial charge on any atom is -0.481 e. The van der Waals surface area contributed by atoms with E-state index in [0.29, 0.717) is 25.0 Å². The molecule has 1 unspecified atom stereocenters. The second-order valence-electron chi connectivity index (χ2n) is 3.94. The Bertz CT molecular complexity index is 418. The van der Waals surface area contributed by atoms with Crippen molar-refractivity contribution in [1.29, 1.82) is 0 Å². The van der Waals surface area contributed by atoms with E-state index in [9.17, 15) is 18.0 Å². The molecule has 0 aromatic heterocycles. The van der Waals surface area contributed by atoms with Crippen molar-refractivity contribution < 1.29 is 23.1 Å². The predicted molar refractivity (Wildman–Crippen MR) is 49.4 cm³/mol. The van der Waals surface area contributed by atoms with Gasteiger partial charge >= 0.3 is 5.97 Å². The third-order valence-corrected chi connectivity index (χ3v) is 2.71. The molecule has 1 aromatic carbocycles. The van der Waals surface area contributed by atoms with Gasteiger partial charge in [-0.3, -0.25) is 4.79 Å². The molecule has 1 aliphatic carbocycles. The van der Waals surface area contributed by atoms with E-state index in [1.807, 2.05) is 0 Å². The van der Waals surface area contributed by atoms with Crippen LogP contribution in [0.1, 0.15) is 24.3 Å². The zero-order chi connectivity index (χ0) is 11.9. The first-order chi connectivity index (χ1) is 7.50. The van der Waals surface area contributed by atoms with Crippen LogP contribution in [0.5, 0.6) is 0 Å². The topological polar surface area (TPSA) is 37.3 Å². The monoisotopic (exact) mass is 230 g/mol. The van der Waals surface area contributed by atoms with Gasteiger partial charge in [0.1, 0.15) is 17.5 Å². The predicted octanol–water partition coefficient (Wildman–Crippen LogP) is 2.68. The van der Waals surface area contributed by atoms with Crippen molar-refractivity contribution in [3.05, 3.63) is 35.1 Å². The Balaban J connectivity index is 2.48. The van der Waals surface area contributed by atoms with Gasteiger partial charge in [-0.1, -0.05) is 0 Å². The third-order valence-electron chi connectivity index (χ3n) is 2.71. The number of benzene rings is 1. The van der Waals surface area contributed by atoms with Gasteiger partial charge in [0.15, 0.2) is 0 Å². The molecule has 1 saturated carbocycles. The number of carboxylic acid groups (broad SMARTS) is 1. The van der Waals surface area contributed by atoms with E-state index in [4.69, 9.17) is 5.11 Å². The molecule has 0 heterocycles. The van der Waals surface area contributed by atoms with Crippen molar-refractivity contribution in [1.82, 2.24) is 0 Å². The van der Waals surface area contributed by atoms with Gasteiger partial charge in [0, 0.05) is 17.7 Å². The molecule has 2 nitrogen and oxygen atoms in total. The summed E-state index contributed by atoms with van der Waals surface area (Å²) in [5, 5.41) is 8.93. The van der Waals surface area contributed by atoms with E-state index in [-0.39, 0.29) is 5.92 Å². The minimum absolute atomic E-state index is 0.244. The second-order valence-corrected chi connectivity index (χ2v) is 3.94. The lowest BCUT2D eigenvalue weighted by Crippen LogP contribution is -2.17. The Morgan fingerprint density at radius 3 is 2.12 bits per heavy atom. The normalized spacial score (nSPS) is 17.2. The van der Waals surface area contributed by atoms with E-state index < -0.39 is 34.9 Å². The molecular weight excluding hydrogens is 221 g/mol. The Kier molecular flexibility index (Phi) is 2.61. The van der Waals surface area contributed by atoms with E-state index >= 15 is 0 Å². The molecule has 1 atom stereocenters. The van der Waals surface area contributed by atoms with Crippen LogP contribution in [0, 0.1) is 23.4 Å². The molecule has 0 bridgehead atoms. The fraction of sp³-hybridized carbons (Fsp3) is 0.364. The molecule has 2 rings (SSSR count). The fourth-order valence-electron chi connectivity index (χ4n) is 1.84. The SMILES string of the molecule is O=C(O)C(c1c(F)cc(F)cc1F)C1CC1. The van der Waals surface area contributed by atoms with Gasteiger partial charge in [0.25, 0.3) is 0 Å². The van der Waals surface area contributed by atoms with E-state index in [1.165, 1.54) is 0 Å². The zero-order valence-electron chi connectivity index (χ0n) is 8.21.